The van der Waals surface area contributed by atoms with Crippen molar-refractivity contribution < 1.29 is 56.8 Å². The molecule has 0 saturated heterocycles. The Bertz CT molecular complexity index is 585. The van der Waals surface area contributed by atoms with Crippen molar-refractivity contribution in [1.29, 1.82) is 0 Å². The van der Waals surface area contributed by atoms with Crippen LogP contribution in [0.25, 0.3) is 0 Å². The molecule has 1 nitrogen and oxygen atoms in total. The van der Waals surface area contributed by atoms with Gasteiger partial charge >= 0.3 is 145 Å². The fraction of sp³-hybridized carbons (Fsp3) is 0.500. The molecule has 1 aromatic carbocycles. The van der Waals surface area contributed by atoms with Crippen molar-refractivity contribution >= 4 is 0 Å². The number of hydrogen-bond acceptors (Lipinski definition) is 1. The first-order chi connectivity index (χ1) is 10.1. The van der Waals surface area contributed by atoms with E-state index in [1.165, 1.54) is 20.6 Å². The third kappa shape index (κ3) is 6.16. The quantitative estimate of drug-likeness (QED) is 0.533. The van der Waals surface area contributed by atoms with E-state index in [4.69, 9.17) is 3.32 Å². The Kier molecular flexibility index (Phi) is 9.28. The molecule has 0 fully saturated rings. The van der Waals surface area contributed by atoms with Crippen LogP contribution in [0.2, 0.25) is 0 Å². The van der Waals surface area contributed by atoms with Gasteiger partial charge in [-0.3, -0.25) is 0 Å². The van der Waals surface area contributed by atoms with E-state index in [0.717, 1.165) is 12.2 Å². The summed E-state index contributed by atoms with van der Waals surface area (Å²) in [6, 6.07) is 4.61. The van der Waals surface area contributed by atoms with Crippen LogP contribution < -0.4 is 37.3 Å². The van der Waals surface area contributed by atoms with Gasteiger partial charge in [0, 0.05) is 0 Å². The molecule has 0 aromatic heterocycles. The van der Waals surface area contributed by atoms with E-state index < -0.39 is 19.5 Å². The molecule has 0 aliphatic heterocycles. The van der Waals surface area contributed by atoms with Crippen molar-refractivity contribution in [2.75, 3.05) is 0 Å². The van der Waals surface area contributed by atoms with Crippen LogP contribution in [0.3, 0.4) is 0 Å². The maximum absolute atomic E-state index is 6.48. The summed E-state index contributed by atoms with van der Waals surface area (Å²) >= 11 is -0.546. The molecule has 132 valence electrons. The van der Waals surface area contributed by atoms with Crippen LogP contribution in [0, 0.1) is 6.92 Å². The van der Waals surface area contributed by atoms with Gasteiger partial charge in [-0.1, -0.05) is 0 Å². The van der Waals surface area contributed by atoms with Crippen LogP contribution >= 0.6 is 0 Å². The number of aryl methyl sites for hydroxylation is 1. The molecule has 0 bridgehead atoms. The van der Waals surface area contributed by atoms with Gasteiger partial charge in [0.15, 0.2) is 0 Å². The van der Waals surface area contributed by atoms with Gasteiger partial charge in [0.05, 0.1) is 0 Å². The topological polar surface area (TPSA) is 9.23 Å². The predicted octanol–water partition coefficient (Wildman–Crippen LogP) is -0.182. The summed E-state index contributed by atoms with van der Waals surface area (Å²) in [6.45, 7) is 15.8. The van der Waals surface area contributed by atoms with Crippen molar-refractivity contribution in [3.8, 4) is 5.75 Å². The third-order valence-electron chi connectivity index (χ3n) is 3.90. The molecular formula is C20H28Br2OTi. The molecule has 1 aromatic rings. The van der Waals surface area contributed by atoms with E-state index in [1.807, 2.05) is 0 Å². The van der Waals surface area contributed by atoms with Gasteiger partial charge < -0.3 is 34.0 Å². The van der Waals surface area contributed by atoms with Gasteiger partial charge in [-0.25, -0.2) is 0 Å². The first-order valence-corrected chi connectivity index (χ1v) is 9.45. The van der Waals surface area contributed by atoms with E-state index in [-0.39, 0.29) is 44.8 Å². The second-order valence-electron chi connectivity index (χ2n) is 8.22. The van der Waals surface area contributed by atoms with Crippen LogP contribution in [0.4, 0.5) is 0 Å². The Morgan fingerprint density at radius 2 is 1.42 bits per heavy atom. The third-order valence-corrected chi connectivity index (χ3v) is 5.37. The number of benzene rings is 1. The SMILES string of the molecule is Cc1cc(C(C)(C)C)c([O][Ti+2][C]2=CC=CC2)c(C(C)(C)C)c1.[Br-].[Br-]. The van der Waals surface area contributed by atoms with Crippen molar-refractivity contribution in [3.05, 3.63) is 50.9 Å². The standard InChI is InChI=1S/C15H24O.C5H5.2BrH.Ti/c1-10-8-11(14(2,3)4)13(16)12(9-10)15(5,6)7;1-2-4-5-3-1;;;/h8-9,16H,1-7H3;1-3H,4H2;2*1H;/q;;;;+3/p-3. The Labute approximate surface area is 178 Å². The first-order valence-electron chi connectivity index (χ1n) is 8.03. The number of halogens is 2. The van der Waals surface area contributed by atoms with Crippen molar-refractivity contribution in [3.63, 3.8) is 0 Å². The van der Waals surface area contributed by atoms with Crippen LogP contribution in [0.5, 0.6) is 5.75 Å². The van der Waals surface area contributed by atoms with Crippen LogP contribution in [-0.4, -0.2) is 0 Å². The largest absolute Gasteiger partial charge is 1.00 e. The van der Waals surface area contributed by atoms with Gasteiger partial charge in [-0.05, 0) is 0 Å². The monoisotopic (exact) mass is 490 g/mol. The second kappa shape index (κ2) is 9.21. The minimum absolute atomic E-state index is 0. The van der Waals surface area contributed by atoms with Gasteiger partial charge in [-0.15, -0.1) is 0 Å². The molecule has 24 heavy (non-hydrogen) atoms. The molecular weight excluding hydrogens is 464 g/mol. The van der Waals surface area contributed by atoms with E-state index in [0.29, 0.717) is 0 Å². The molecule has 0 amide bonds. The van der Waals surface area contributed by atoms with Crippen LogP contribution in [0.1, 0.15) is 64.7 Å². The van der Waals surface area contributed by atoms with Gasteiger partial charge in [0.25, 0.3) is 0 Å². The summed E-state index contributed by atoms with van der Waals surface area (Å²) in [7, 11) is 0. The average Bonchev–Trinajstić information content (AvgIpc) is 2.87. The van der Waals surface area contributed by atoms with Crippen molar-refractivity contribution in [1.82, 2.24) is 0 Å². The fourth-order valence-electron chi connectivity index (χ4n) is 2.64. The van der Waals surface area contributed by atoms with E-state index in [9.17, 15) is 0 Å². The Balaban J connectivity index is 0.00000264. The molecule has 1 aliphatic carbocycles. The minimum Gasteiger partial charge on any atom is -1.00 e. The maximum atomic E-state index is 6.48. The molecule has 0 saturated carbocycles. The molecule has 0 radical (unpaired) electrons. The summed E-state index contributed by atoms with van der Waals surface area (Å²) in [5.74, 6) is 1.14. The molecule has 1 aliphatic rings. The van der Waals surface area contributed by atoms with E-state index in [1.54, 1.807) is 0 Å². The molecule has 0 spiro atoms. The van der Waals surface area contributed by atoms with Crippen molar-refractivity contribution in [2.45, 2.75) is 65.7 Å². The Morgan fingerprint density at radius 1 is 0.917 bits per heavy atom. The van der Waals surface area contributed by atoms with Crippen molar-refractivity contribution in [2.24, 2.45) is 0 Å². The predicted molar refractivity (Wildman–Crippen MR) is 91.0 cm³/mol. The number of rotatable bonds is 3. The normalized spacial score (nSPS) is 13.5. The smallest absolute Gasteiger partial charge is 1.00 e. The molecule has 0 atom stereocenters. The molecule has 2 rings (SSSR count). The summed E-state index contributed by atoms with van der Waals surface area (Å²) in [4.78, 5) is 0. The zero-order valence-corrected chi connectivity index (χ0v) is 20.5. The molecule has 4 heteroatoms. The van der Waals surface area contributed by atoms with Gasteiger partial charge in [-0.2, -0.15) is 0 Å². The second-order valence-corrected chi connectivity index (χ2v) is 9.86. The summed E-state index contributed by atoms with van der Waals surface area (Å²) < 4.78 is 7.95. The maximum Gasteiger partial charge on any atom is -1.00 e. The molecule has 0 heterocycles. The van der Waals surface area contributed by atoms with Gasteiger partial charge in [0.1, 0.15) is 0 Å². The van der Waals surface area contributed by atoms with E-state index >= 15 is 0 Å². The van der Waals surface area contributed by atoms with Gasteiger partial charge in [0.2, 0.25) is 0 Å². The molecule has 0 N–H and O–H groups in total. The fourth-order valence-corrected chi connectivity index (χ4v) is 3.92. The zero-order valence-electron chi connectivity index (χ0n) is 15.8. The van der Waals surface area contributed by atoms with Crippen LogP contribution in [0.15, 0.2) is 34.2 Å². The summed E-state index contributed by atoms with van der Waals surface area (Å²) in [5, 5.41) is 0. The minimum atomic E-state index is -0.546. The molecule has 0 unspecified atom stereocenters. The number of hydrogen-bond donors (Lipinski definition) is 0. The summed E-state index contributed by atoms with van der Waals surface area (Å²) in [6.07, 6.45) is 7.66. The number of allylic oxidation sites excluding steroid dienone is 4. The Hall–Kier alpha value is 0.174. The zero-order chi connectivity index (χ0) is 16.5. The average molecular weight is 492 g/mol. The summed E-state index contributed by atoms with van der Waals surface area (Å²) in [5.41, 5.74) is 4.19. The first kappa shape index (κ1) is 24.2. The Morgan fingerprint density at radius 3 is 1.79 bits per heavy atom. The van der Waals surface area contributed by atoms with E-state index in [2.05, 4.69) is 78.8 Å². The van der Waals surface area contributed by atoms with Crippen LogP contribution in [-0.2, 0) is 30.4 Å².